The van der Waals surface area contributed by atoms with E-state index in [1.807, 2.05) is 0 Å². The van der Waals surface area contributed by atoms with Crippen LogP contribution >= 0.6 is 0 Å². The smallest absolute Gasteiger partial charge is 0.0471 e. The summed E-state index contributed by atoms with van der Waals surface area (Å²) in [5.74, 6) is 0. The Morgan fingerprint density at radius 1 is 1.38 bits per heavy atom. The van der Waals surface area contributed by atoms with Gasteiger partial charge in [0.05, 0.1) is 0 Å². The van der Waals surface area contributed by atoms with Crippen LogP contribution in [0.1, 0.15) is 26.7 Å². The maximum absolute atomic E-state index is 5.35. The van der Waals surface area contributed by atoms with E-state index in [1.54, 1.807) is 0 Å². The molecule has 0 bridgehead atoms. The highest BCUT2D eigenvalue weighted by molar-refractivity contribution is 4.83. The minimum atomic E-state index is 0.458. The molecular formula is C11H21NO. The van der Waals surface area contributed by atoms with E-state index in [1.165, 1.54) is 12.8 Å². The van der Waals surface area contributed by atoms with Crippen molar-refractivity contribution in [2.24, 2.45) is 5.41 Å². The molecule has 13 heavy (non-hydrogen) atoms. The molecule has 1 aliphatic heterocycles. The Balaban J connectivity index is 2.17. The second-order valence-corrected chi connectivity index (χ2v) is 4.12. The molecule has 1 aliphatic rings. The molecule has 1 N–H and O–H groups in total. The summed E-state index contributed by atoms with van der Waals surface area (Å²) in [6, 6.07) is 0. The molecule has 2 heteroatoms. The fraction of sp³-hybridized carbons (Fsp3) is 0.818. The van der Waals surface area contributed by atoms with Crippen LogP contribution in [0.5, 0.6) is 0 Å². The first-order valence-corrected chi connectivity index (χ1v) is 5.16. The van der Waals surface area contributed by atoms with Crippen LogP contribution in [0, 0.1) is 5.41 Å². The van der Waals surface area contributed by atoms with E-state index in [2.05, 4.69) is 31.3 Å². The second-order valence-electron chi connectivity index (χ2n) is 4.12. The van der Waals surface area contributed by atoms with Gasteiger partial charge in [-0.05, 0) is 25.2 Å². The molecule has 0 atom stereocenters. The van der Waals surface area contributed by atoms with Gasteiger partial charge in [0.15, 0.2) is 0 Å². The first-order valence-electron chi connectivity index (χ1n) is 5.16. The molecule has 0 spiro atoms. The van der Waals surface area contributed by atoms with Crippen LogP contribution in [-0.2, 0) is 4.74 Å². The van der Waals surface area contributed by atoms with Crippen LogP contribution in [0.2, 0.25) is 0 Å². The molecule has 2 nitrogen and oxygen atoms in total. The fourth-order valence-electron chi connectivity index (χ4n) is 1.62. The van der Waals surface area contributed by atoms with Crippen LogP contribution in [-0.4, -0.2) is 26.3 Å². The van der Waals surface area contributed by atoms with E-state index in [4.69, 9.17) is 4.74 Å². The Bertz CT molecular complexity index is 159. The van der Waals surface area contributed by atoms with Gasteiger partial charge in [0.2, 0.25) is 0 Å². The zero-order valence-corrected chi connectivity index (χ0v) is 8.81. The summed E-state index contributed by atoms with van der Waals surface area (Å²) in [6.07, 6.45) is 6.62. The van der Waals surface area contributed by atoms with Gasteiger partial charge in [0.25, 0.3) is 0 Å². The molecule has 1 heterocycles. The van der Waals surface area contributed by atoms with Gasteiger partial charge >= 0.3 is 0 Å². The topological polar surface area (TPSA) is 21.3 Å². The summed E-state index contributed by atoms with van der Waals surface area (Å²) in [4.78, 5) is 0. The van der Waals surface area contributed by atoms with E-state index in [9.17, 15) is 0 Å². The number of hydrogen-bond acceptors (Lipinski definition) is 2. The van der Waals surface area contributed by atoms with Crippen LogP contribution in [0.15, 0.2) is 12.2 Å². The standard InChI is InChI=1S/C11H21NO/c1-3-4-7-12-10-11(2)5-8-13-9-6-11/h3-4,12H,5-10H2,1-2H3/b4-3+. The summed E-state index contributed by atoms with van der Waals surface area (Å²) in [5, 5.41) is 3.45. The van der Waals surface area contributed by atoms with Crippen molar-refractivity contribution in [2.45, 2.75) is 26.7 Å². The predicted molar refractivity (Wildman–Crippen MR) is 55.8 cm³/mol. The van der Waals surface area contributed by atoms with Gasteiger partial charge in [-0.2, -0.15) is 0 Å². The van der Waals surface area contributed by atoms with Crippen molar-refractivity contribution in [2.75, 3.05) is 26.3 Å². The van der Waals surface area contributed by atoms with Crippen LogP contribution < -0.4 is 5.32 Å². The van der Waals surface area contributed by atoms with Gasteiger partial charge in [0.1, 0.15) is 0 Å². The lowest BCUT2D eigenvalue weighted by atomic mass is 9.82. The van der Waals surface area contributed by atoms with Crippen molar-refractivity contribution in [3.05, 3.63) is 12.2 Å². The monoisotopic (exact) mass is 183 g/mol. The molecule has 0 aromatic heterocycles. The zero-order chi connectivity index (χ0) is 9.57. The van der Waals surface area contributed by atoms with Crippen molar-refractivity contribution in [3.8, 4) is 0 Å². The zero-order valence-electron chi connectivity index (χ0n) is 8.81. The van der Waals surface area contributed by atoms with Gasteiger partial charge in [-0.3, -0.25) is 0 Å². The minimum absolute atomic E-state index is 0.458. The molecule has 0 aromatic carbocycles. The average molecular weight is 183 g/mol. The Labute approximate surface area is 81.4 Å². The third-order valence-corrected chi connectivity index (χ3v) is 2.75. The van der Waals surface area contributed by atoms with Crippen LogP contribution in [0.3, 0.4) is 0 Å². The van der Waals surface area contributed by atoms with Gasteiger partial charge in [0, 0.05) is 26.3 Å². The van der Waals surface area contributed by atoms with Crippen LogP contribution in [0.25, 0.3) is 0 Å². The van der Waals surface area contributed by atoms with Gasteiger partial charge < -0.3 is 10.1 Å². The van der Waals surface area contributed by atoms with Crippen LogP contribution in [0.4, 0.5) is 0 Å². The maximum atomic E-state index is 5.35. The van der Waals surface area contributed by atoms with E-state index >= 15 is 0 Å². The first kappa shape index (κ1) is 10.7. The van der Waals surface area contributed by atoms with Gasteiger partial charge in [-0.25, -0.2) is 0 Å². The van der Waals surface area contributed by atoms with Crippen molar-refractivity contribution in [1.29, 1.82) is 0 Å². The number of allylic oxidation sites excluding steroid dienone is 1. The highest BCUT2D eigenvalue weighted by Gasteiger charge is 2.26. The molecule has 0 unspecified atom stereocenters. The molecule has 0 aromatic rings. The molecule has 1 saturated heterocycles. The maximum Gasteiger partial charge on any atom is 0.0471 e. The van der Waals surface area contributed by atoms with E-state index in [0.29, 0.717) is 5.41 Å². The molecule has 1 rings (SSSR count). The normalized spacial score (nSPS) is 22.3. The van der Waals surface area contributed by atoms with Crippen molar-refractivity contribution >= 4 is 0 Å². The SMILES string of the molecule is C/C=C/CNCC1(C)CCOCC1. The summed E-state index contributed by atoms with van der Waals surface area (Å²) < 4.78 is 5.35. The lowest BCUT2D eigenvalue weighted by Crippen LogP contribution is -2.36. The summed E-state index contributed by atoms with van der Waals surface area (Å²) in [5.41, 5.74) is 0.458. The summed E-state index contributed by atoms with van der Waals surface area (Å²) in [7, 11) is 0. The molecule has 0 radical (unpaired) electrons. The average Bonchev–Trinajstić information content (AvgIpc) is 2.14. The fourth-order valence-corrected chi connectivity index (χ4v) is 1.62. The van der Waals surface area contributed by atoms with Crippen molar-refractivity contribution in [3.63, 3.8) is 0 Å². The molecule has 0 aliphatic carbocycles. The molecule has 1 fully saturated rings. The number of rotatable bonds is 4. The first-order chi connectivity index (χ1) is 6.27. The Kier molecular flexibility index (Phi) is 4.46. The van der Waals surface area contributed by atoms with E-state index in [0.717, 1.165) is 26.3 Å². The highest BCUT2D eigenvalue weighted by Crippen LogP contribution is 2.28. The largest absolute Gasteiger partial charge is 0.381 e. The molecule has 0 amide bonds. The number of nitrogens with one attached hydrogen (secondary N) is 1. The summed E-state index contributed by atoms with van der Waals surface area (Å²) >= 11 is 0. The molecular weight excluding hydrogens is 162 g/mol. The van der Waals surface area contributed by atoms with E-state index < -0.39 is 0 Å². The lowest BCUT2D eigenvalue weighted by Gasteiger charge is -2.33. The minimum Gasteiger partial charge on any atom is -0.381 e. The summed E-state index contributed by atoms with van der Waals surface area (Å²) in [6.45, 7) is 8.37. The Morgan fingerprint density at radius 3 is 2.69 bits per heavy atom. The van der Waals surface area contributed by atoms with Crippen molar-refractivity contribution < 1.29 is 4.74 Å². The van der Waals surface area contributed by atoms with E-state index in [-0.39, 0.29) is 0 Å². The third-order valence-electron chi connectivity index (χ3n) is 2.75. The number of ether oxygens (including phenoxy) is 1. The quantitative estimate of drug-likeness (QED) is 0.531. The molecule has 0 saturated carbocycles. The molecule has 76 valence electrons. The van der Waals surface area contributed by atoms with Crippen molar-refractivity contribution in [1.82, 2.24) is 5.32 Å². The van der Waals surface area contributed by atoms with Gasteiger partial charge in [-0.1, -0.05) is 19.1 Å². The predicted octanol–water partition coefficient (Wildman–Crippen LogP) is 1.97. The number of hydrogen-bond donors (Lipinski definition) is 1. The highest BCUT2D eigenvalue weighted by atomic mass is 16.5. The van der Waals surface area contributed by atoms with Gasteiger partial charge in [-0.15, -0.1) is 0 Å². The second kappa shape index (κ2) is 5.40. The lowest BCUT2D eigenvalue weighted by molar-refractivity contribution is 0.0246. The third kappa shape index (κ3) is 3.92. The Hall–Kier alpha value is -0.340. The Morgan fingerprint density at radius 2 is 2.08 bits per heavy atom.